The first-order chi connectivity index (χ1) is 7.27. The molecule has 2 aromatic rings. The molecule has 2 nitrogen and oxygen atoms in total. The van der Waals surface area contributed by atoms with Gasteiger partial charge >= 0.3 is 0 Å². The molecular weight excluding hydrogens is 250 g/mol. The third-order valence-electron chi connectivity index (χ3n) is 2.91. The van der Waals surface area contributed by atoms with Crippen molar-refractivity contribution < 1.29 is 4.39 Å². The molecule has 5 heteroatoms. The Bertz CT molecular complexity index is 536. The molecule has 0 unspecified atom stereocenters. The van der Waals surface area contributed by atoms with Crippen LogP contribution in [0.25, 0.3) is 10.9 Å². The molecule has 0 aliphatic carbocycles. The summed E-state index contributed by atoms with van der Waals surface area (Å²) in [6, 6.07) is 3.49. The monoisotopic (exact) mass is 260 g/mol. The van der Waals surface area contributed by atoms with E-state index in [4.69, 9.17) is 11.6 Å². The fourth-order valence-electron chi connectivity index (χ4n) is 2.16. The minimum absolute atomic E-state index is 0. The van der Waals surface area contributed by atoms with Crippen LogP contribution in [0.15, 0.2) is 12.1 Å². The highest BCUT2D eigenvalue weighted by molar-refractivity contribution is 6.31. The molecule has 0 saturated heterocycles. The van der Waals surface area contributed by atoms with Gasteiger partial charge in [-0.25, -0.2) is 4.39 Å². The molecule has 0 bridgehead atoms. The maximum atomic E-state index is 13.7. The number of nitrogens with one attached hydrogen (secondary N) is 2. The lowest BCUT2D eigenvalue weighted by Gasteiger charge is -2.12. The van der Waals surface area contributed by atoms with Crippen LogP contribution in [0.3, 0.4) is 0 Å². The molecule has 16 heavy (non-hydrogen) atoms. The van der Waals surface area contributed by atoms with E-state index in [2.05, 4.69) is 10.3 Å². The number of rotatable bonds is 0. The predicted molar refractivity (Wildman–Crippen MR) is 65.9 cm³/mol. The molecule has 2 heterocycles. The van der Waals surface area contributed by atoms with E-state index in [1.165, 1.54) is 5.56 Å². The van der Waals surface area contributed by atoms with Crippen molar-refractivity contribution in [3.8, 4) is 0 Å². The van der Waals surface area contributed by atoms with E-state index >= 15 is 0 Å². The molecule has 0 radical (unpaired) electrons. The van der Waals surface area contributed by atoms with Gasteiger partial charge in [-0.15, -0.1) is 12.4 Å². The number of aromatic nitrogens is 1. The van der Waals surface area contributed by atoms with E-state index in [1.54, 1.807) is 6.07 Å². The Morgan fingerprint density at radius 3 is 2.94 bits per heavy atom. The van der Waals surface area contributed by atoms with Crippen molar-refractivity contribution in [3.63, 3.8) is 0 Å². The fraction of sp³-hybridized carbons (Fsp3) is 0.273. The largest absolute Gasteiger partial charge is 0.356 e. The summed E-state index contributed by atoms with van der Waals surface area (Å²) in [4.78, 5) is 3.13. The zero-order valence-corrected chi connectivity index (χ0v) is 10.0. The normalized spacial score (nSPS) is 14.6. The molecule has 0 spiro atoms. The smallest absolute Gasteiger partial charge is 0.165 e. The summed E-state index contributed by atoms with van der Waals surface area (Å²) in [5.74, 6) is -0.344. The molecule has 2 N–H and O–H groups in total. The Morgan fingerprint density at radius 2 is 2.12 bits per heavy atom. The SMILES string of the molecule is Cl.Fc1c(Cl)ccc2c3c([nH]c12)CCNC3. The molecule has 86 valence electrons. The number of hydrogen-bond acceptors (Lipinski definition) is 1. The quantitative estimate of drug-likeness (QED) is 0.749. The van der Waals surface area contributed by atoms with Crippen molar-refractivity contribution in [1.82, 2.24) is 10.3 Å². The minimum Gasteiger partial charge on any atom is -0.356 e. The van der Waals surface area contributed by atoms with E-state index in [1.807, 2.05) is 6.07 Å². The molecule has 1 aromatic carbocycles. The van der Waals surface area contributed by atoms with E-state index in [9.17, 15) is 4.39 Å². The number of aromatic amines is 1. The van der Waals surface area contributed by atoms with Gasteiger partial charge in [0.15, 0.2) is 5.82 Å². The van der Waals surface area contributed by atoms with Gasteiger partial charge in [0.1, 0.15) is 0 Å². The van der Waals surface area contributed by atoms with Crippen molar-refractivity contribution in [2.75, 3.05) is 6.54 Å². The van der Waals surface area contributed by atoms with Crippen LogP contribution in [-0.2, 0) is 13.0 Å². The summed E-state index contributed by atoms with van der Waals surface area (Å²) < 4.78 is 13.7. The van der Waals surface area contributed by atoms with Gasteiger partial charge in [0.25, 0.3) is 0 Å². The summed E-state index contributed by atoms with van der Waals surface area (Å²) in [5, 5.41) is 4.40. The molecule has 0 atom stereocenters. The molecule has 0 amide bonds. The Balaban J connectivity index is 0.000000963. The Kier molecular flexibility index (Phi) is 3.10. The second-order valence-electron chi connectivity index (χ2n) is 3.79. The zero-order chi connectivity index (χ0) is 10.4. The van der Waals surface area contributed by atoms with Crippen LogP contribution in [0.4, 0.5) is 4.39 Å². The van der Waals surface area contributed by atoms with Gasteiger partial charge in [0, 0.05) is 30.6 Å². The van der Waals surface area contributed by atoms with Gasteiger partial charge in [-0.3, -0.25) is 0 Å². The van der Waals surface area contributed by atoms with Gasteiger partial charge in [-0.1, -0.05) is 17.7 Å². The number of hydrogen-bond donors (Lipinski definition) is 2. The average molecular weight is 261 g/mol. The average Bonchev–Trinajstić information content (AvgIpc) is 2.63. The van der Waals surface area contributed by atoms with Gasteiger partial charge in [0.05, 0.1) is 10.5 Å². The van der Waals surface area contributed by atoms with Crippen LogP contribution in [0.5, 0.6) is 0 Å². The van der Waals surface area contributed by atoms with Crippen LogP contribution in [0.1, 0.15) is 11.3 Å². The predicted octanol–water partition coefficient (Wildman–Crippen LogP) is 3.03. The molecular formula is C11H11Cl2FN2. The number of fused-ring (bicyclic) bond motifs is 3. The summed E-state index contributed by atoms with van der Waals surface area (Å²) in [5.41, 5.74) is 2.84. The third kappa shape index (κ3) is 1.59. The topological polar surface area (TPSA) is 27.8 Å². The first-order valence-corrected chi connectivity index (χ1v) is 5.33. The molecule has 0 saturated carbocycles. The summed E-state index contributed by atoms with van der Waals surface area (Å²) >= 11 is 5.74. The van der Waals surface area contributed by atoms with Crippen molar-refractivity contribution >= 4 is 34.9 Å². The maximum Gasteiger partial charge on any atom is 0.165 e. The Labute approximate surface area is 104 Å². The maximum absolute atomic E-state index is 13.7. The minimum atomic E-state index is -0.344. The standard InChI is InChI=1S/C11H10ClFN2.ClH/c12-8-2-1-6-7-5-14-4-3-9(7)15-11(6)10(8)13;/h1-2,14-15H,3-5H2;1H. The second kappa shape index (κ2) is 4.24. The highest BCUT2D eigenvalue weighted by atomic mass is 35.5. The fourth-order valence-corrected chi connectivity index (χ4v) is 2.31. The lowest BCUT2D eigenvalue weighted by atomic mass is 10.1. The van der Waals surface area contributed by atoms with Crippen LogP contribution in [0.2, 0.25) is 5.02 Å². The summed E-state index contributed by atoms with van der Waals surface area (Å²) in [6.07, 6.45) is 0.918. The Hall–Kier alpha value is -0.770. The lowest BCUT2D eigenvalue weighted by Crippen LogP contribution is -2.22. The highest BCUT2D eigenvalue weighted by Gasteiger charge is 2.17. The third-order valence-corrected chi connectivity index (χ3v) is 3.21. The van der Waals surface area contributed by atoms with Crippen molar-refractivity contribution in [1.29, 1.82) is 0 Å². The van der Waals surface area contributed by atoms with E-state index in [0.717, 1.165) is 30.6 Å². The first-order valence-electron chi connectivity index (χ1n) is 4.95. The second-order valence-corrected chi connectivity index (χ2v) is 4.20. The van der Waals surface area contributed by atoms with Crippen LogP contribution < -0.4 is 5.32 Å². The van der Waals surface area contributed by atoms with Crippen molar-refractivity contribution in [2.45, 2.75) is 13.0 Å². The van der Waals surface area contributed by atoms with Crippen LogP contribution >= 0.6 is 24.0 Å². The van der Waals surface area contributed by atoms with Gasteiger partial charge < -0.3 is 10.3 Å². The molecule has 3 rings (SSSR count). The van der Waals surface area contributed by atoms with E-state index < -0.39 is 0 Å². The molecule has 1 aliphatic heterocycles. The van der Waals surface area contributed by atoms with Crippen LogP contribution in [0, 0.1) is 5.82 Å². The van der Waals surface area contributed by atoms with Crippen molar-refractivity contribution in [3.05, 3.63) is 34.2 Å². The van der Waals surface area contributed by atoms with Crippen molar-refractivity contribution in [2.24, 2.45) is 0 Å². The molecule has 0 fully saturated rings. The molecule has 1 aromatic heterocycles. The summed E-state index contributed by atoms with van der Waals surface area (Å²) in [6.45, 7) is 1.74. The number of H-pyrrole nitrogens is 1. The lowest BCUT2D eigenvalue weighted by molar-refractivity contribution is 0.633. The highest BCUT2D eigenvalue weighted by Crippen LogP contribution is 2.29. The van der Waals surface area contributed by atoms with Gasteiger partial charge in [-0.2, -0.15) is 0 Å². The molecule has 1 aliphatic rings. The van der Waals surface area contributed by atoms with Gasteiger partial charge in [0.2, 0.25) is 0 Å². The van der Waals surface area contributed by atoms with E-state index in [-0.39, 0.29) is 23.2 Å². The number of halogens is 3. The van der Waals surface area contributed by atoms with Crippen LogP contribution in [-0.4, -0.2) is 11.5 Å². The zero-order valence-electron chi connectivity index (χ0n) is 8.44. The Morgan fingerprint density at radius 1 is 1.31 bits per heavy atom. The first kappa shape index (κ1) is 11.7. The number of benzene rings is 1. The van der Waals surface area contributed by atoms with Gasteiger partial charge in [-0.05, 0) is 11.6 Å². The summed E-state index contributed by atoms with van der Waals surface area (Å²) in [7, 11) is 0. The van der Waals surface area contributed by atoms with E-state index in [0.29, 0.717) is 5.52 Å².